The van der Waals surface area contributed by atoms with E-state index in [4.69, 9.17) is 5.26 Å². The Morgan fingerprint density at radius 2 is 2.11 bits per heavy atom. The Labute approximate surface area is 104 Å². The maximum absolute atomic E-state index is 13.2. The number of nitro groups is 1. The van der Waals surface area contributed by atoms with E-state index in [-0.39, 0.29) is 11.6 Å². The normalized spacial score (nSPS) is 16.3. The minimum atomic E-state index is -0.509. The number of piperidine rings is 1. The van der Waals surface area contributed by atoms with Crippen LogP contribution >= 0.6 is 0 Å². The minimum absolute atomic E-state index is 0.00568. The van der Waals surface area contributed by atoms with Gasteiger partial charge >= 0.3 is 0 Å². The molecule has 0 atom stereocenters. The molecule has 1 saturated heterocycles. The van der Waals surface area contributed by atoms with Crippen LogP contribution in [-0.2, 0) is 0 Å². The van der Waals surface area contributed by atoms with Gasteiger partial charge in [-0.05, 0) is 18.9 Å². The van der Waals surface area contributed by atoms with Crippen molar-refractivity contribution in [3.05, 3.63) is 34.1 Å². The van der Waals surface area contributed by atoms with Crippen LogP contribution in [0.3, 0.4) is 0 Å². The third-order valence-electron chi connectivity index (χ3n) is 3.15. The fourth-order valence-corrected chi connectivity index (χ4v) is 2.15. The van der Waals surface area contributed by atoms with Crippen molar-refractivity contribution in [3.8, 4) is 6.07 Å². The first kappa shape index (κ1) is 12.3. The van der Waals surface area contributed by atoms with Crippen LogP contribution in [0.25, 0.3) is 0 Å². The van der Waals surface area contributed by atoms with E-state index in [0.717, 1.165) is 6.07 Å². The fraction of sp³-hybridized carbons (Fsp3) is 0.417. The number of nitro benzene ring substituents is 1. The number of hydrogen-bond donors (Lipinski definition) is 0. The van der Waals surface area contributed by atoms with Gasteiger partial charge in [-0.15, -0.1) is 0 Å². The highest BCUT2D eigenvalue weighted by Crippen LogP contribution is 2.31. The molecule has 1 aliphatic heterocycles. The molecule has 6 heteroatoms. The number of anilines is 1. The molecule has 94 valence electrons. The first-order chi connectivity index (χ1) is 8.61. The second-order valence-corrected chi connectivity index (χ2v) is 4.28. The molecule has 2 rings (SSSR count). The lowest BCUT2D eigenvalue weighted by Gasteiger charge is -2.30. The molecular formula is C12H12FN3O2. The lowest BCUT2D eigenvalue weighted by Crippen LogP contribution is -2.33. The van der Waals surface area contributed by atoms with Gasteiger partial charge in [0.25, 0.3) is 5.69 Å². The van der Waals surface area contributed by atoms with E-state index in [9.17, 15) is 14.5 Å². The Balaban J connectivity index is 2.26. The van der Waals surface area contributed by atoms with Gasteiger partial charge in [0.15, 0.2) is 0 Å². The quantitative estimate of drug-likeness (QED) is 0.596. The molecule has 1 aromatic rings. The van der Waals surface area contributed by atoms with Crippen molar-refractivity contribution in [2.45, 2.75) is 12.8 Å². The number of nitrogens with zero attached hydrogens (tertiary/aromatic N) is 3. The van der Waals surface area contributed by atoms with Gasteiger partial charge in [-0.3, -0.25) is 10.1 Å². The van der Waals surface area contributed by atoms with Gasteiger partial charge in [0.1, 0.15) is 11.5 Å². The molecule has 1 aromatic carbocycles. The number of rotatable bonds is 2. The number of hydrogen-bond acceptors (Lipinski definition) is 4. The molecule has 18 heavy (non-hydrogen) atoms. The van der Waals surface area contributed by atoms with Gasteiger partial charge in [-0.2, -0.15) is 5.26 Å². The zero-order valence-electron chi connectivity index (χ0n) is 9.67. The Morgan fingerprint density at radius 1 is 1.44 bits per heavy atom. The average molecular weight is 249 g/mol. The van der Waals surface area contributed by atoms with Crippen LogP contribution in [0.5, 0.6) is 0 Å². The highest BCUT2D eigenvalue weighted by atomic mass is 19.1. The zero-order valence-corrected chi connectivity index (χ0v) is 9.67. The van der Waals surface area contributed by atoms with Crippen LogP contribution in [0.2, 0.25) is 0 Å². The van der Waals surface area contributed by atoms with Crippen LogP contribution < -0.4 is 4.90 Å². The topological polar surface area (TPSA) is 70.2 Å². The Kier molecular flexibility index (Phi) is 3.42. The van der Waals surface area contributed by atoms with E-state index in [0.29, 0.717) is 31.6 Å². The Hall–Kier alpha value is -2.16. The van der Waals surface area contributed by atoms with Crippen molar-refractivity contribution in [2.75, 3.05) is 18.0 Å². The fourth-order valence-electron chi connectivity index (χ4n) is 2.15. The second kappa shape index (κ2) is 5.00. The first-order valence-corrected chi connectivity index (χ1v) is 5.70. The summed E-state index contributed by atoms with van der Waals surface area (Å²) in [6.45, 7) is 1.09. The van der Waals surface area contributed by atoms with Crippen LogP contribution in [0.1, 0.15) is 12.8 Å². The Bertz CT molecular complexity index is 505. The molecule has 0 radical (unpaired) electrons. The van der Waals surface area contributed by atoms with Gasteiger partial charge in [-0.1, -0.05) is 0 Å². The summed E-state index contributed by atoms with van der Waals surface area (Å²) in [5.74, 6) is -0.494. The van der Waals surface area contributed by atoms with E-state index in [1.54, 1.807) is 4.90 Å². The molecule has 0 saturated carbocycles. The van der Waals surface area contributed by atoms with Crippen molar-refractivity contribution in [1.29, 1.82) is 5.26 Å². The predicted octanol–water partition coefficient (Wildman–Crippen LogP) is 2.47. The highest BCUT2D eigenvalue weighted by Gasteiger charge is 2.25. The Morgan fingerprint density at radius 3 is 2.67 bits per heavy atom. The van der Waals surface area contributed by atoms with Crippen molar-refractivity contribution in [3.63, 3.8) is 0 Å². The number of nitriles is 1. The van der Waals surface area contributed by atoms with E-state index < -0.39 is 10.7 Å². The third-order valence-corrected chi connectivity index (χ3v) is 3.15. The molecule has 0 N–H and O–H groups in total. The van der Waals surface area contributed by atoms with E-state index in [1.165, 1.54) is 12.1 Å². The summed E-state index contributed by atoms with van der Waals surface area (Å²) in [7, 11) is 0. The maximum atomic E-state index is 13.2. The third kappa shape index (κ3) is 2.40. The highest BCUT2D eigenvalue weighted by molar-refractivity contribution is 5.63. The van der Waals surface area contributed by atoms with E-state index >= 15 is 0 Å². The smallest absolute Gasteiger partial charge is 0.292 e. The maximum Gasteiger partial charge on any atom is 0.292 e. The monoisotopic (exact) mass is 249 g/mol. The number of benzene rings is 1. The van der Waals surface area contributed by atoms with Crippen molar-refractivity contribution < 1.29 is 9.31 Å². The minimum Gasteiger partial charge on any atom is -0.366 e. The van der Waals surface area contributed by atoms with Gasteiger partial charge in [0.2, 0.25) is 0 Å². The van der Waals surface area contributed by atoms with Crippen molar-refractivity contribution in [2.24, 2.45) is 5.92 Å². The summed E-state index contributed by atoms with van der Waals surface area (Å²) in [6.07, 6.45) is 1.31. The molecule has 0 aliphatic carbocycles. The van der Waals surface area contributed by atoms with Crippen molar-refractivity contribution in [1.82, 2.24) is 0 Å². The molecular weight excluding hydrogens is 237 g/mol. The molecule has 0 unspecified atom stereocenters. The van der Waals surface area contributed by atoms with Crippen molar-refractivity contribution >= 4 is 11.4 Å². The molecule has 0 amide bonds. The predicted molar refractivity (Wildman–Crippen MR) is 63.6 cm³/mol. The lowest BCUT2D eigenvalue weighted by molar-refractivity contribution is -0.384. The largest absolute Gasteiger partial charge is 0.366 e. The van der Waals surface area contributed by atoms with Gasteiger partial charge < -0.3 is 4.90 Å². The van der Waals surface area contributed by atoms with E-state index in [1.807, 2.05) is 0 Å². The molecule has 0 spiro atoms. The first-order valence-electron chi connectivity index (χ1n) is 5.70. The summed E-state index contributed by atoms with van der Waals surface area (Å²) in [5.41, 5.74) is 0.211. The SMILES string of the molecule is N#CC1CCN(c2cc(F)ccc2[N+](=O)[O-])CC1. The van der Waals surface area contributed by atoms with Gasteiger partial charge in [-0.25, -0.2) is 4.39 Å². The molecule has 5 nitrogen and oxygen atoms in total. The summed E-state index contributed by atoms with van der Waals surface area (Å²) >= 11 is 0. The summed E-state index contributed by atoms with van der Waals surface area (Å²) in [6, 6.07) is 5.64. The standard InChI is InChI=1S/C12H12FN3O2/c13-10-1-2-11(16(17)18)12(7-10)15-5-3-9(8-14)4-6-15/h1-2,7,9H,3-6H2. The molecule has 1 fully saturated rings. The lowest BCUT2D eigenvalue weighted by atomic mass is 9.98. The second-order valence-electron chi connectivity index (χ2n) is 4.28. The molecule has 0 bridgehead atoms. The van der Waals surface area contributed by atoms with Crippen LogP contribution in [0, 0.1) is 33.2 Å². The molecule has 0 aromatic heterocycles. The van der Waals surface area contributed by atoms with Crippen LogP contribution in [0.4, 0.5) is 15.8 Å². The number of halogens is 1. The summed E-state index contributed by atoms with van der Waals surface area (Å²) in [4.78, 5) is 12.2. The summed E-state index contributed by atoms with van der Waals surface area (Å²) < 4.78 is 13.2. The zero-order chi connectivity index (χ0) is 13.1. The molecule has 1 aliphatic rings. The average Bonchev–Trinajstić information content (AvgIpc) is 2.38. The molecule has 1 heterocycles. The van der Waals surface area contributed by atoms with Crippen LogP contribution in [0.15, 0.2) is 18.2 Å². The van der Waals surface area contributed by atoms with Gasteiger partial charge in [0, 0.05) is 31.1 Å². The summed E-state index contributed by atoms with van der Waals surface area (Å²) in [5, 5.41) is 19.7. The van der Waals surface area contributed by atoms with Crippen LogP contribution in [-0.4, -0.2) is 18.0 Å². The van der Waals surface area contributed by atoms with Gasteiger partial charge in [0.05, 0.1) is 11.0 Å². The van der Waals surface area contributed by atoms with E-state index in [2.05, 4.69) is 6.07 Å².